The number of hydrogen-bond acceptors (Lipinski definition) is 6. The zero-order valence-corrected chi connectivity index (χ0v) is 16.7. The molecular formula is C18H11Br2N3O4. The maximum absolute atomic E-state index is 10.8. The number of oxazole rings is 1. The van der Waals surface area contributed by atoms with Gasteiger partial charge >= 0.3 is 5.95 Å². The van der Waals surface area contributed by atoms with Gasteiger partial charge in [0.05, 0.1) is 16.8 Å². The van der Waals surface area contributed by atoms with Crippen LogP contribution < -0.4 is 0 Å². The van der Waals surface area contributed by atoms with Gasteiger partial charge in [0, 0.05) is 27.2 Å². The highest BCUT2D eigenvalue weighted by molar-refractivity contribution is 9.11. The Morgan fingerprint density at radius 1 is 1.19 bits per heavy atom. The van der Waals surface area contributed by atoms with Gasteiger partial charge in [-0.25, -0.2) is 4.98 Å². The lowest BCUT2D eigenvalue weighted by Gasteiger charge is -1.97. The molecule has 27 heavy (non-hydrogen) atoms. The minimum absolute atomic E-state index is 0.0136. The molecule has 0 aliphatic heterocycles. The number of benzene rings is 2. The van der Waals surface area contributed by atoms with Crippen LogP contribution in [0.15, 0.2) is 60.8 Å². The van der Waals surface area contributed by atoms with Crippen molar-refractivity contribution in [3.8, 4) is 5.95 Å². The molecule has 0 saturated heterocycles. The maximum Gasteiger partial charge on any atom is 0.312 e. The molecule has 0 aliphatic carbocycles. The van der Waals surface area contributed by atoms with Crippen molar-refractivity contribution in [2.24, 2.45) is 4.99 Å². The number of hydrogen-bond donors (Lipinski definition) is 1. The van der Waals surface area contributed by atoms with Gasteiger partial charge in [0.25, 0.3) is 5.69 Å². The van der Waals surface area contributed by atoms with E-state index in [1.54, 1.807) is 24.3 Å². The summed E-state index contributed by atoms with van der Waals surface area (Å²) in [6.45, 7) is 0. The van der Waals surface area contributed by atoms with Gasteiger partial charge in [-0.15, -0.1) is 0 Å². The summed E-state index contributed by atoms with van der Waals surface area (Å²) in [5.74, 6) is -0.221. The van der Waals surface area contributed by atoms with Crippen LogP contribution in [0.25, 0.3) is 12.2 Å². The molecule has 3 aromatic rings. The van der Waals surface area contributed by atoms with Gasteiger partial charge in [-0.1, -0.05) is 28.1 Å². The largest absolute Gasteiger partial charge is 0.479 e. The van der Waals surface area contributed by atoms with Crippen molar-refractivity contribution in [2.45, 2.75) is 0 Å². The molecule has 1 heterocycles. The summed E-state index contributed by atoms with van der Waals surface area (Å²) in [6, 6.07) is 11.6. The normalized spacial score (nSPS) is 11.5. The van der Waals surface area contributed by atoms with E-state index in [0.29, 0.717) is 11.3 Å². The molecule has 9 heteroatoms. The van der Waals surface area contributed by atoms with E-state index in [4.69, 9.17) is 4.42 Å². The summed E-state index contributed by atoms with van der Waals surface area (Å²) in [6.07, 6.45) is 4.49. The van der Waals surface area contributed by atoms with Crippen molar-refractivity contribution in [1.82, 2.24) is 4.98 Å². The minimum Gasteiger partial charge on any atom is -0.479 e. The molecule has 0 spiro atoms. The summed E-state index contributed by atoms with van der Waals surface area (Å²) in [5, 5.41) is 20.7. The van der Waals surface area contributed by atoms with Crippen LogP contribution in [0, 0.1) is 10.1 Å². The van der Waals surface area contributed by atoms with Gasteiger partial charge in [0.15, 0.2) is 5.69 Å². The van der Waals surface area contributed by atoms with Gasteiger partial charge in [-0.2, -0.15) is 0 Å². The number of aromatic hydroxyl groups is 1. The average molecular weight is 493 g/mol. The lowest BCUT2D eigenvalue weighted by molar-refractivity contribution is -0.384. The first kappa shape index (κ1) is 19.0. The van der Waals surface area contributed by atoms with Crippen LogP contribution in [0.3, 0.4) is 0 Å². The second-order valence-electron chi connectivity index (χ2n) is 5.28. The van der Waals surface area contributed by atoms with Crippen molar-refractivity contribution in [3.63, 3.8) is 0 Å². The number of aliphatic imine (C=N–C) groups is 1. The number of nitro groups is 1. The van der Waals surface area contributed by atoms with E-state index in [1.807, 2.05) is 12.1 Å². The van der Waals surface area contributed by atoms with Crippen molar-refractivity contribution >= 4 is 61.6 Å². The standard InChI is InChI=1S/C18H11Br2N3O4/c19-12-5-6-15(14(20)9-12)21-10-16-18(24)27-17(22-16)7-4-11-2-1-3-13(8-11)23(25)26/h1-10,24H. The molecule has 1 aromatic heterocycles. The summed E-state index contributed by atoms with van der Waals surface area (Å²) in [7, 11) is 0. The smallest absolute Gasteiger partial charge is 0.312 e. The highest BCUT2D eigenvalue weighted by Crippen LogP contribution is 2.29. The summed E-state index contributed by atoms with van der Waals surface area (Å²) >= 11 is 6.76. The zero-order valence-electron chi connectivity index (χ0n) is 13.5. The SMILES string of the molecule is O=[N+]([O-])c1cccc(C=Cc2nc(C=Nc3ccc(Br)cc3Br)c(O)o2)c1. The Balaban J connectivity index is 1.79. The van der Waals surface area contributed by atoms with E-state index in [2.05, 4.69) is 41.8 Å². The monoisotopic (exact) mass is 491 g/mol. The maximum atomic E-state index is 10.8. The van der Waals surface area contributed by atoms with Crippen LogP contribution in [-0.4, -0.2) is 21.2 Å². The molecule has 0 bridgehead atoms. The summed E-state index contributed by atoms with van der Waals surface area (Å²) < 4.78 is 6.85. The Labute approximate surface area is 170 Å². The number of non-ortho nitro benzene ring substituents is 1. The van der Waals surface area contributed by atoms with Crippen LogP contribution in [-0.2, 0) is 0 Å². The molecule has 1 N–H and O–H groups in total. The van der Waals surface area contributed by atoms with Gasteiger partial charge in [0.1, 0.15) is 0 Å². The highest BCUT2D eigenvalue weighted by Gasteiger charge is 2.09. The molecule has 0 fully saturated rings. The fourth-order valence-corrected chi connectivity index (χ4v) is 3.27. The number of rotatable bonds is 5. The number of nitro benzene ring substituents is 1. The molecule has 136 valence electrons. The third-order valence-electron chi connectivity index (χ3n) is 3.39. The first-order valence-electron chi connectivity index (χ1n) is 7.54. The van der Waals surface area contributed by atoms with Gasteiger partial charge in [0.2, 0.25) is 5.89 Å². The Morgan fingerprint density at radius 2 is 2.00 bits per heavy atom. The van der Waals surface area contributed by atoms with Crippen molar-refractivity contribution in [1.29, 1.82) is 0 Å². The van der Waals surface area contributed by atoms with E-state index in [-0.39, 0.29) is 23.2 Å². The average Bonchev–Trinajstić information content (AvgIpc) is 2.99. The van der Waals surface area contributed by atoms with Crippen LogP contribution >= 0.6 is 31.9 Å². The van der Waals surface area contributed by atoms with Crippen LogP contribution in [0.1, 0.15) is 17.1 Å². The number of nitrogens with zero attached hydrogens (tertiary/aromatic N) is 3. The predicted molar refractivity (Wildman–Crippen MR) is 109 cm³/mol. The lowest BCUT2D eigenvalue weighted by atomic mass is 10.2. The topological polar surface area (TPSA) is 102 Å². The van der Waals surface area contributed by atoms with E-state index in [9.17, 15) is 15.2 Å². The Hall–Kier alpha value is -2.78. The molecule has 0 atom stereocenters. The molecule has 2 aromatic carbocycles. The zero-order chi connectivity index (χ0) is 19.4. The van der Waals surface area contributed by atoms with Crippen LogP contribution in [0.5, 0.6) is 5.95 Å². The molecule has 0 radical (unpaired) electrons. The summed E-state index contributed by atoms with van der Waals surface area (Å²) in [4.78, 5) is 18.7. The Bertz CT molecular complexity index is 1060. The van der Waals surface area contributed by atoms with Gasteiger partial charge in [-0.3, -0.25) is 15.1 Å². The van der Waals surface area contributed by atoms with E-state index < -0.39 is 4.92 Å². The Kier molecular flexibility index (Phi) is 5.82. The van der Waals surface area contributed by atoms with Crippen LogP contribution in [0.2, 0.25) is 0 Å². The molecule has 3 rings (SSSR count). The summed E-state index contributed by atoms with van der Waals surface area (Å²) in [5.41, 5.74) is 1.42. The van der Waals surface area contributed by atoms with Crippen molar-refractivity contribution in [3.05, 3.63) is 78.7 Å². The molecule has 7 nitrogen and oxygen atoms in total. The molecular weight excluding hydrogens is 482 g/mol. The van der Waals surface area contributed by atoms with Crippen molar-refractivity contribution < 1.29 is 14.4 Å². The van der Waals surface area contributed by atoms with E-state index in [0.717, 1.165) is 8.95 Å². The molecule has 0 aliphatic rings. The third-order valence-corrected chi connectivity index (χ3v) is 4.51. The number of halogens is 2. The predicted octanol–water partition coefficient (Wildman–Crippen LogP) is 5.73. The fourth-order valence-electron chi connectivity index (χ4n) is 2.12. The first-order valence-corrected chi connectivity index (χ1v) is 9.12. The van der Waals surface area contributed by atoms with Crippen LogP contribution in [0.4, 0.5) is 11.4 Å². The van der Waals surface area contributed by atoms with E-state index in [1.165, 1.54) is 24.4 Å². The quantitative estimate of drug-likeness (QED) is 0.278. The molecule has 0 saturated carbocycles. The van der Waals surface area contributed by atoms with E-state index >= 15 is 0 Å². The van der Waals surface area contributed by atoms with Gasteiger partial charge < -0.3 is 9.52 Å². The molecule has 0 unspecified atom stereocenters. The fraction of sp³-hybridized carbons (Fsp3) is 0. The number of aromatic nitrogens is 1. The van der Waals surface area contributed by atoms with Crippen molar-refractivity contribution in [2.75, 3.05) is 0 Å². The minimum atomic E-state index is -0.469. The van der Waals surface area contributed by atoms with Gasteiger partial charge in [-0.05, 0) is 45.8 Å². The third kappa shape index (κ3) is 4.89. The molecule has 0 amide bonds. The Morgan fingerprint density at radius 3 is 2.74 bits per heavy atom. The lowest BCUT2D eigenvalue weighted by Crippen LogP contribution is -1.87. The second kappa shape index (κ2) is 8.28. The second-order valence-corrected chi connectivity index (χ2v) is 7.05. The first-order chi connectivity index (χ1) is 12.9. The highest BCUT2D eigenvalue weighted by atomic mass is 79.9.